The van der Waals surface area contributed by atoms with Crippen molar-refractivity contribution in [2.24, 2.45) is 14.1 Å². The number of aromatic nitrogens is 4. The van der Waals surface area contributed by atoms with Crippen molar-refractivity contribution in [3.63, 3.8) is 0 Å². The van der Waals surface area contributed by atoms with Crippen LogP contribution < -0.4 is 10.2 Å². The molecule has 0 bridgehead atoms. The molecular formula is C32H36CuF12N8O8. The van der Waals surface area contributed by atoms with E-state index in [4.69, 9.17) is 0 Å². The summed E-state index contributed by atoms with van der Waals surface area (Å²) in [5.74, 6) is -11.0. The minimum atomic E-state index is -5.46. The fourth-order valence-corrected chi connectivity index (χ4v) is 4.34. The topological polar surface area (TPSA) is 208 Å². The van der Waals surface area contributed by atoms with Crippen LogP contribution in [0.4, 0.5) is 52.7 Å². The number of carbonyl (C=O) groups excluding carboxylic acids is 2. The number of amidine groups is 2. The monoisotopic (exact) mass is 951 g/mol. The molecule has 0 amide bonds. The number of hydrogen-bond donors (Lipinski definition) is 0. The number of ketones is 2. The van der Waals surface area contributed by atoms with Gasteiger partial charge in [0, 0.05) is 96.4 Å². The third kappa shape index (κ3) is 11.9. The quantitative estimate of drug-likeness (QED) is 0.108. The molecule has 0 saturated carbocycles. The van der Waals surface area contributed by atoms with Crippen molar-refractivity contribution < 1.29 is 109 Å². The van der Waals surface area contributed by atoms with Crippen LogP contribution in [0.1, 0.15) is 66.8 Å². The molecule has 0 unspecified atom stereocenters. The summed E-state index contributed by atoms with van der Waals surface area (Å²) in [7, 11) is 3.52. The molecule has 0 atom stereocenters. The molecule has 0 aliphatic carbocycles. The van der Waals surface area contributed by atoms with E-state index in [1.165, 1.54) is 12.4 Å². The Morgan fingerprint density at radius 2 is 0.803 bits per heavy atom. The predicted molar refractivity (Wildman–Crippen MR) is 176 cm³/mol. The van der Waals surface area contributed by atoms with Gasteiger partial charge in [-0.3, -0.25) is 9.59 Å². The number of allylic oxidation sites excluding steroid dienone is 4. The molecule has 4 rings (SSSR count). The van der Waals surface area contributed by atoms with E-state index in [0.29, 0.717) is 11.4 Å². The Balaban J connectivity index is 0.000000791. The molecule has 0 aromatic carbocycles. The summed E-state index contributed by atoms with van der Waals surface area (Å²) in [5, 5.41) is 44.2. The molecule has 61 heavy (non-hydrogen) atoms. The fraction of sp³-hybridized carbons (Fsp3) is 0.562. The summed E-state index contributed by atoms with van der Waals surface area (Å²) < 4.78 is 142. The molecule has 0 fully saturated rings. The van der Waals surface area contributed by atoms with Crippen LogP contribution >= 0.6 is 0 Å². The summed E-state index contributed by atoms with van der Waals surface area (Å²) in [5.41, 5.74) is -2.06. The summed E-state index contributed by atoms with van der Waals surface area (Å²) in [6, 6.07) is 0. The molecule has 2 aliphatic heterocycles. The maximum Gasteiger partial charge on any atom is 0.523 e. The summed E-state index contributed by atoms with van der Waals surface area (Å²) >= 11 is 0. The zero-order valence-corrected chi connectivity index (χ0v) is 34.1. The molecule has 2 aromatic rings. The van der Waals surface area contributed by atoms with Crippen LogP contribution in [0, 0.1) is 20.2 Å². The second-order valence-corrected chi connectivity index (χ2v) is 14.6. The van der Waals surface area contributed by atoms with E-state index in [-0.39, 0.29) is 28.7 Å². The van der Waals surface area contributed by atoms with E-state index in [9.17, 15) is 92.7 Å². The molecular weight excluding hydrogens is 916 g/mol. The number of alkyl halides is 12. The van der Waals surface area contributed by atoms with Crippen molar-refractivity contribution in [1.29, 1.82) is 0 Å². The molecule has 0 saturated heterocycles. The van der Waals surface area contributed by atoms with E-state index in [0.717, 1.165) is 19.0 Å². The standard InChI is InChI=1S/2C11H17N4O2.2C5H2F6O2.Cu/c2*1-10(2)11(3,4)15(17)9(14(10)16)8-6-12-7-13(8)5;2*6-4(7,8)2(12)1-3(13)5(9,10)11;/h2*6-7H,1-5H3;2*1,12H;/q2*+1;;;/p-2/b;;2*2-1-;. The number of imidazole rings is 2. The van der Waals surface area contributed by atoms with E-state index >= 15 is 0 Å². The van der Waals surface area contributed by atoms with Crippen molar-refractivity contribution in [3.05, 3.63) is 80.3 Å². The largest absolute Gasteiger partial charge is 0.869 e. The summed E-state index contributed by atoms with van der Waals surface area (Å²) in [6.07, 6.45) is -17.7. The van der Waals surface area contributed by atoms with Crippen LogP contribution in [0.3, 0.4) is 0 Å². The van der Waals surface area contributed by atoms with E-state index < -0.39 is 82.1 Å². The second-order valence-electron chi connectivity index (χ2n) is 14.6. The van der Waals surface area contributed by atoms with Gasteiger partial charge in [0.05, 0.1) is 25.0 Å². The zero-order chi connectivity index (χ0) is 47.7. The number of nitrogens with zero attached hydrogens (tertiary/aromatic N) is 8. The Bertz CT molecular complexity index is 1970. The number of halogens is 12. The van der Waals surface area contributed by atoms with Crippen LogP contribution in [0.2, 0.25) is 0 Å². The maximum atomic E-state index is 12.3. The smallest absolute Gasteiger partial charge is 0.523 e. The van der Waals surface area contributed by atoms with Gasteiger partial charge in [0.15, 0.2) is 0 Å². The first kappa shape index (κ1) is 55.7. The van der Waals surface area contributed by atoms with Crippen LogP contribution in [0.5, 0.6) is 0 Å². The summed E-state index contributed by atoms with van der Waals surface area (Å²) in [6.45, 7) is 14.2. The average molecular weight is 952 g/mol. The van der Waals surface area contributed by atoms with E-state index in [1.807, 2.05) is 0 Å². The predicted octanol–water partition coefficient (Wildman–Crippen LogP) is 3.90. The molecule has 2 aliphatic rings. The van der Waals surface area contributed by atoms with Crippen molar-refractivity contribution in [2.45, 2.75) is 102 Å². The Morgan fingerprint density at radius 3 is 0.951 bits per heavy atom. The number of hydrogen-bond acceptors (Lipinski definition) is 10. The second kappa shape index (κ2) is 18.3. The Labute approximate surface area is 347 Å². The minimum absolute atomic E-state index is 0. The van der Waals surface area contributed by atoms with Gasteiger partial charge in [0.2, 0.25) is 22.5 Å². The molecule has 347 valence electrons. The minimum Gasteiger partial charge on any atom is -0.869 e. The Kier molecular flexibility index (Phi) is 16.7. The van der Waals surface area contributed by atoms with Gasteiger partial charge in [-0.25, -0.2) is 9.97 Å². The van der Waals surface area contributed by atoms with Gasteiger partial charge in [-0.05, 0) is 23.7 Å². The number of rotatable bonds is 4. The summed E-state index contributed by atoms with van der Waals surface area (Å²) in [4.78, 5) is 52.1. The van der Waals surface area contributed by atoms with Gasteiger partial charge in [0.1, 0.15) is 9.52 Å². The first-order chi connectivity index (χ1) is 26.5. The third-order valence-electron chi connectivity index (χ3n) is 9.53. The maximum absolute atomic E-state index is 12.3. The molecule has 16 nitrogen and oxygen atoms in total. The first-order valence-electron chi connectivity index (χ1n) is 16.2. The fourth-order valence-electron chi connectivity index (χ4n) is 4.34. The van der Waals surface area contributed by atoms with Gasteiger partial charge in [0.25, 0.3) is 22.6 Å². The van der Waals surface area contributed by atoms with Crippen LogP contribution in [-0.4, -0.2) is 108 Å². The van der Waals surface area contributed by atoms with Gasteiger partial charge in [-0.1, -0.05) is 0 Å². The zero-order valence-electron chi connectivity index (χ0n) is 33.1. The van der Waals surface area contributed by atoms with Crippen LogP contribution in [0.15, 0.2) is 48.7 Å². The van der Waals surface area contributed by atoms with E-state index in [2.05, 4.69) is 9.97 Å². The van der Waals surface area contributed by atoms with Crippen molar-refractivity contribution in [3.8, 4) is 0 Å². The number of nitroso groups, excluding NO2 is 2. The van der Waals surface area contributed by atoms with Crippen LogP contribution in [0.25, 0.3) is 0 Å². The van der Waals surface area contributed by atoms with E-state index in [1.54, 1.807) is 91.3 Å². The molecule has 1 radical (unpaired) electrons. The van der Waals surface area contributed by atoms with Gasteiger partial charge in [-0.15, -0.1) is 9.48 Å². The van der Waals surface area contributed by atoms with Crippen molar-refractivity contribution in [2.75, 3.05) is 0 Å². The number of aryl methyl sites for hydroxylation is 2. The van der Waals surface area contributed by atoms with Crippen LogP contribution in [-0.2, 0) is 40.8 Å². The molecule has 29 heteroatoms. The molecule has 4 heterocycles. The number of carbonyl (C=O) groups is 2. The van der Waals surface area contributed by atoms with Gasteiger partial charge in [-0.2, -0.15) is 52.7 Å². The third-order valence-corrected chi connectivity index (χ3v) is 9.53. The molecule has 0 spiro atoms. The first-order valence-corrected chi connectivity index (χ1v) is 16.2. The average Bonchev–Trinajstić information content (AvgIpc) is 3.75. The Hall–Kier alpha value is -5.34. The molecule has 2 aromatic heterocycles. The Morgan fingerprint density at radius 1 is 0.557 bits per heavy atom. The van der Waals surface area contributed by atoms with Gasteiger partial charge < -0.3 is 29.8 Å². The number of hydroxylamine groups is 2. The molecule has 0 N–H and O–H groups in total. The normalized spacial score (nSPS) is 18.6. The SMILES string of the molecule is Cn1cncc1C1=[N+]([O-])C(C)(C)C(C)(C)[N+]1=O.Cn1cncc1C1=[N+]([O-])C(C)(C)C(C)(C)[N+]1=O.O=C(/C=C(\[O-])C(F)(F)F)C(F)(F)F.O=C(/C=C(\[O-])C(F)(F)F)C(F)(F)F.[Cu]. The van der Waals surface area contributed by atoms with Crippen molar-refractivity contribution >= 4 is 23.2 Å². The van der Waals surface area contributed by atoms with Crippen molar-refractivity contribution in [1.82, 2.24) is 19.1 Å². The van der Waals surface area contributed by atoms with Gasteiger partial charge >= 0.3 is 36.4 Å².